The molecule has 108 valence electrons. The normalized spacial score (nSPS) is 27.8. The highest BCUT2D eigenvalue weighted by Crippen LogP contribution is 2.44. The molecule has 2 aliphatic carbocycles. The maximum atomic E-state index is 12.8. The molecule has 2 fully saturated rings. The molecule has 0 spiro atoms. The summed E-state index contributed by atoms with van der Waals surface area (Å²) in [6.45, 7) is 0. The van der Waals surface area contributed by atoms with Crippen molar-refractivity contribution in [1.29, 1.82) is 0 Å². The highest BCUT2D eigenvalue weighted by molar-refractivity contribution is 7.99. The van der Waals surface area contributed by atoms with E-state index in [1.165, 1.54) is 37.8 Å². The van der Waals surface area contributed by atoms with Gasteiger partial charge in [0.1, 0.15) is 5.82 Å². The summed E-state index contributed by atoms with van der Waals surface area (Å²) in [4.78, 5) is 11.9. The minimum Gasteiger partial charge on any atom is -0.352 e. The van der Waals surface area contributed by atoms with Crippen LogP contribution in [0.2, 0.25) is 0 Å². The number of hydrogen-bond acceptors (Lipinski definition) is 2. The smallest absolute Gasteiger partial charge is 0.230 e. The van der Waals surface area contributed by atoms with Crippen molar-refractivity contribution in [2.24, 2.45) is 11.8 Å². The molecule has 0 aliphatic heterocycles. The Hall–Kier alpha value is -1.03. The summed E-state index contributed by atoms with van der Waals surface area (Å²) in [5.41, 5.74) is 1.06. The van der Waals surface area contributed by atoms with E-state index < -0.39 is 0 Å². The average molecular weight is 293 g/mol. The van der Waals surface area contributed by atoms with Gasteiger partial charge in [-0.1, -0.05) is 18.6 Å². The Morgan fingerprint density at radius 3 is 2.70 bits per heavy atom. The second kappa shape index (κ2) is 6.17. The van der Waals surface area contributed by atoms with Gasteiger partial charge in [0.15, 0.2) is 0 Å². The number of thioether (sulfide) groups is 1. The van der Waals surface area contributed by atoms with Crippen LogP contribution in [0.15, 0.2) is 24.3 Å². The number of benzene rings is 1. The highest BCUT2D eigenvalue weighted by Gasteiger charge is 2.39. The number of carbonyl (C=O) groups is 1. The number of carbonyl (C=O) groups excluding carboxylic acids is 1. The summed E-state index contributed by atoms with van der Waals surface area (Å²) in [6, 6.07) is 6.90. The fourth-order valence-electron chi connectivity index (χ4n) is 3.51. The predicted molar refractivity (Wildman–Crippen MR) is 79.9 cm³/mol. The highest BCUT2D eigenvalue weighted by atomic mass is 32.2. The Morgan fingerprint density at radius 1 is 1.25 bits per heavy atom. The standard InChI is InChI=1S/C16H20FNOS/c17-14-5-2-11(3-6-14)9-20-10-16(19)18-15-8-12-1-4-13(15)7-12/h2-3,5-6,12-13,15H,1,4,7-10H2,(H,18,19)/t12-,13-,15+/m0/s1. The van der Waals surface area contributed by atoms with E-state index >= 15 is 0 Å². The van der Waals surface area contributed by atoms with Crippen molar-refractivity contribution in [2.75, 3.05) is 5.75 Å². The summed E-state index contributed by atoms with van der Waals surface area (Å²) < 4.78 is 12.8. The van der Waals surface area contributed by atoms with Gasteiger partial charge in [0, 0.05) is 11.8 Å². The Morgan fingerprint density at radius 2 is 2.05 bits per heavy atom. The van der Waals surface area contributed by atoms with Crippen LogP contribution in [0.3, 0.4) is 0 Å². The first-order valence-corrected chi connectivity index (χ1v) is 8.48. The van der Waals surface area contributed by atoms with E-state index in [0.717, 1.165) is 23.2 Å². The van der Waals surface area contributed by atoms with E-state index in [-0.39, 0.29) is 11.7 Å². The van der Waals surface area contributed by atoms with Crippen LogP contribution in [0.25, 0.3) is 0 Å². The van der Waals surface area contributed by atoms with E-state index in [4.69, 9.17) is 0 Å². The van der Waals surface area contributed by atoms with Crippen LogP contribution in [0.4, 0.5) is 4.39 Å². The summed E-state index contributed by atoms with van der Waals surface area (Å²) in [7, 11) is 0. The van der Waals surface area contributed by atoms with Gasteiger partial charge in [-0.3, -0.25) is 4.79 Å². The zero-order valence-electron chi connectivity index (χ0n) is 11.5. The summed E-state index contributed by atoms with van der Waals surface area (Å²) in [5.74, 6) is 2.76. The molecule has 20 heavy (non-hydrogen) atoms. The van der Waals surface area contributed by atoms with Crippen molar-refractivity contribution in [3.05, 3.63) is 35.6 Å². The Kier molecular flexibility index (Phi) is 4.29. The molecule has 4 heteroatoms. The van der Waals surface area contributed by atoms with Crippen molar-refractivity contribution in [3.63, 3.8) is 0 Å². The van der Waals surface area contributed by atoms with Gasteiger partial charge in [0.05, 0.1) is 5.75 Å². The fraction of sp³-hybridized carbons (Fsp3) is 0.562. The third kappa shape index (κ3) is 3.35. The maximum Gasteiger partial charge on any atom is 0.230 e. The molecule has 0 radical (unpaired) electrons. The Balaban J connectivity index is 1.38. The van der Waals surface area contributed by atoms with Crippen molar-refractivity contribution in [1.82, 2.24) is 5.32 Å². The van der Waals surface area contributed by atoms with Gasteiger partial charge >= 0.3 is 0 Å². The first-order valence-electron chi connectivity index (χ1n) is 7.32. The topological polar surface area (TPSA) is 29.1 Å². The average Bonchev–Trinajstić information content (AvgIpc) is 3.03. The van der Waals surface area contributed by atoms with E-state index in [2.05, 4.69) is 5.32 Å². The lowest BCUT2D eigenvalue weighted by atomic mass is 9.95. The second-order valence-corrected chi connectivity index (χ2v) is 6.95. The number of nitrogens with one attached hydrogen (secondary N) is 1. The van der Waals surface area contributed by atoms with Crippen LogP contribution in [0.5, 0.6) is 0 Å². The number of hydrogen-bond donors (Lipinski definition) is 1. The summed E-state index contributed by atoms with van der Waals surface area (Å²) >= 11 is 1.59. The molecule has 2 bridgehead atoms. The van der Waals surface area contributed by atoms with Gasteiger partial charge in [-0.15, -0.1) is 11.8 Å². The van der Waals surface area contributed by atoms with Crippen molar-refractivity contribution in [3.8, 4) is 0 Å². The zero-order chi connectivity index (χ0) is 13.9. The number of amides is 1. The van der Waals surface area contributed by atoms with Crippen LogP contribution in [0, 0.1) is 17.7 Å². The third-order valence-electron chi connectivity index (χ3n) is 4.50. The Bertz CT molecular complexity index is 476. The van der Waals surface area contributed by atoms with Crippen LogP contribution in [-0.2, 0) is 10.5 Å². The van der Waals surface area contributed by atoms with Gasteiger partial charge in [-0.05, 0) is 48.8 Å². The Labute approximate surface area is 123 Å². The van der Waals surface area contributed by atoms with Gasteiger partial charge < -0.3 is 5.32 Å². The number of fused-ring (bicyclic) bond motifs is 2. The lowest BCUT2D eigenvalue weighted by Crippen LogP contribution is -2.39. The van der Waals surface area contributed by atoms with Crippen LogP contribution in [-0.4, -0.2) is 17.7 Å². The quantitative estimate of drug-likeness (QED) is 0.902. The van der Waals surface area contributed by atoms with Crippen LogP contribution >= 0.6 is 11.8 Å². The van der Waals surface area contributed by atoms with Crippen molar-refractivity contribution >= 4 is 17.7 Å². The van der Waals surface area contributed by atoms with Gasteiger partial charge in [0.2, 0.25) is 5.91 Å². The van der Waals surface area contributed by atoms with E-state index in [1.54, 1.807) is 23.9 Å². The largest absolute Gasteiger partial charge is 0.352 e. The molecule has 3 rings (SSSR count). The third-order valence-corrected chi connectivity index (χ3v) is 5.50. The fourth-order valence-corrected chi connectivity index (χ4v) is 4.31. The van der Waals surface area contributed by atoms with Crippen LogP contribution in [0.1, 0.15) is 31.2 Å². The molecule has 1 N–H and O–H groups in total. The lowest BCUT2D eigenvalue weighted by molar-refractivity contribution is -0.119. The maximum absolute atomic E-state index is 12.8. The summed E-state index contributed by atoms with van der Waals surface area (Å²) in [6.07, 6.45) is 5.14. The molecule has 0 saturated heterocycles. The predicted octanol–water partition coefficient (Wildman–Crippen LogP) is 3.36. The minimum atomic E-state index is -0.215. The van der Waals surface area contributed by atoms with Gasteiger partial charge in [-0.2, -0.15) is 0 Å². The molecule has 2 nitrogen and oxygen atoms in total. The molecular weight excluding hydrogens is 273 g/mol. The van der Waals surface area contributed by atoms with E-state index in [0.29, 0.717) is 11.8 Å². The zero-order valence-corrected chi connectivity index (χ0v) is 12.3. The van der Waals surface area contributed by atoms with Crippen LogP contribution < -0.4 is 5.32 Å². The molecule has 0 aromatic heterocycles. The second-order valence-electron chi connectivity index (χ2n) is 5.97. The van der Waals surface area contributed by atoms with E-state index in [9.17, 15) is 9.18 Å². The van der Waals surface area contributed by atoms with Crippen molar-refractivity contribution < 1.29 is 9.18 Å². The van der Waals surface area contributed by atoms with E-state index in [1.807, 2.05) is 0 Å². The molecule has 0 heterocycles. The van der Waals surface area contributed by atoms with Gasteiger partial charge in [0.25, 0.3) is 0 Å². The number of halogens is 1. The monoisotopic (exact) mass is 293 g/mol. The van der Waals surface area contributed by atoms with Crippen molar-refractivity contribution in [2.45, 2.75) is 37.5 Å². The molecule has 2 aliphatic rings. The molecule has 1 aromatic rings. The molecule has 2 saturated carbocycles. The first-order chi connectivity index (χ1) is 9.70. The van der Waals surface area contributed by atoms with Gasteiger partial charge in [-0.25, -0.2) is 4.39 Å². The minimum absolute atomic E-state index is 0.148. The molecule has 0 unspecified atom stereocenters. The lowest BCUT2D eigenvalue weighted by Gasteiger charge is -2.22. The number of rotatable bonds is 5. The molecular formula is C16H20FNOS. The SMILES string of the molecule is O=C(CSCc1ccc(F)cc1)N[C@@H]1C[C@H]2CC[C@H]1C2. The molecule has 1 aromatic carbocycles. The first kappa shape index (κ1) is 13.9. The molecule has 1 amide bonds. The molecule has 3 atom stereocenters. The summed E-state index contributed by atoms with van der Waals surface area (Å²) in [5, 5.41) is 3.19.